The maximum atomic E-state index is 13.4. The van der Waals surface area contributed by atoms with Crippen molar-refractivity contribution in [2.45, 2.75) is 19.1 Å². The van der Waals surface area contributed by atoms with Crippen LogP contribution < -0.4 is 0 Å². The lowest BCUT2D eigenvalue weighted by molar-refractivity contribution is -0.0371. The zero-order valence-electron chi connectivity index (χ0n) is 10.4. The average molecular weight is 306 g/mol. The summed E-state index contributed by atoms with van der Waals surface area (Å²) in [6, 6.07) is 3.99. The van der Waals surface area contributed by atoms with Gasteiger partial charge in [0.15, 0.2) is 0 Å². The number of halogens is 3. The Hall–Kier alpha value is -0.840. The first-order valence-electron chi connectivity index (χ1n) is 5.96. The fourth-order valence-corrected chi connectivity index (χ4v) is 2.29. The van der Waals surface area contributed by atoms with Crippen molar-refractivity contribution in [3.05, 3.63) is 34.6 Å². The summed E-state index contributed by atoms with van der Waals surface area (Å²) in [5, 5.41) is 0.00482. The number of rotatable bonds is 2. The van der Waals surface area contributed by atoms with Crippen LogP contribution in [0.15, 0.2) is 18.2 Å². The molecule has 2 rings (SSSR count). The molecule has 1 saturated heterocycles. The SMILES string of the molecule is CC1COC(CCl)CN1C(=O)c1ccc(Cl)c(F)c1. The van der Waals surface area contributed by atoms with Gasteiger partial charge in [0.2, 0.25) is 0 Å². The van der Waals surface area contributed by atoms with Crippen LogP contribution in [-0.2, 0) is 4.74 Å². The van der Waals surface area contributed by atoms with Gasteiger partial charge in [-0.05, 0) is 25.1 Å². The molecule has 0 aliphatic carbocycles. The Labute approximate surface area is 121 Å². The molecule has 1 amide bonds. The van der Waals surface area contributed by atoms with E-state index in [2.05, 4.69) is 0 Å². The van der Waals surface area contributed by atoms with Crippen LogP contribution in [0.4, 0.5) is 4.39 Å². The largest absolute Gasteiger partial charge is 0.373 e. The highest BCUT2D eigenvalue weighted by molar-refractivity contribution is 6.30. The molecule has 1 aromatic carbocycles. The van der Waals surface area contributed by atoms with Crippen LogP contribution in [0, 0.1) is 5.82 Å². The number of alkyl halides is 1. The molecule has 1 fully saturated rings. The number of carbonyl (C=O) groups is 1. The smallest absolute Gasteiger partial charge is 0.254 e. The first-order chi connectivity index (χ1) is 9.02. The van der Waals surface area contributed by atoms with Crippen molar-refractivity contribution in [3.8, 4) is 0 Å². The maximum Gasteiger partial charge on any atom is 0.254 e. The Bertz CT molecular complexity index is 484. The second-order valence-corrected chi connectivity index (χ2v) is 5.26. The Morgan fingerprint density at radius 2 is 2.32 bits per heavy atom. The number of amides is 1. The van der Waals surface area contributed by atoms with Gasteiger partial charge < -0.3 is 9.64 Å². The second kappa shape index (κ2) is 6.07. The molecule has 0 aromatic heterocycles. The molecule has 2 atom stereocenters. The Morgan fingerprint density at radius 1 is 1.58 bits per heavy atom. The van der Waals surface area contributed by atoms with Crippen molar-refractivity contribution in [1.29, 1.82) is 0 Å². The van der Waals surface area contributed by atoms with Crippen LogP contribution in [0.2, 0.25) is 5.02 Å². The minimum absolute atomic E-state index is 0.00482. The van der Waals surface area contributed by atoms with Crippen molar-refractivity contribution in [2.75, 3.05) is 19.0 Å². The summed E-state index contributed by atoms with van der Waals surface area (Å²) in [6.45, 7) is 2.72. The Kier molecular flexibility index (Phi) is 4.66. The molecule has 6 heteroatoms. The van der Waals surface area contributed by atoms with E-state index in [1.165, 1.54) is 12.1 Å². The zero-order chi connectivity index (χ0) is 14.0. The molecule has 0 bridgehead atoms. The van der Waals surface area contributed by atoms with Crippen LogP contribution in [0.1, 0.15) is 17.3 Å². The van der Waals surface area contributed by atoms with Gasteiger partial charge in [-0.25, -0.2) is 4.39 Å². The van der Waals surface area contributed by atoms with Crippen molar-refractivity contribution in [2.24, 2.45) is 0 Å². The van der Waals surface area contributed by atoms with Crippen LogP contribution >= 0.6 is 23.2 Å². The monoisotopic (exact) mass is 305 g/mol. The quantitative estimate of drug-likeness (QED) is 0.786. The van der Waals surface area contributed by atoms with Gasteiger partial charge in [-0.15, -0.1) is 11.6 Å². The molecule has 0 radical (unpaired) electrons. The summed E-state index contributed by atoms with van der Waals surface area (Å²) in [7, 11) is 0. The predicted molar refractivity (Wildman–Crippen MR) is 72.4 cm³/mol. The van der Waals surface area contributed by atoms with Crippen molar-refractivity contribution in [3.63, 3.8) is 0 Å². The number of carbonyl (C=O) groups excluding carboxylic acids is 1. The summed E-state index contributed by atoms with van der Waals surface area (Å²) < 4.78 is 18.9. The molecule has 3 nitrogen and oxygen atoms in total. The number of hydrogen-bond acceptors (Lipinski definition) is 2. The molecule has 1 aromatic rings. The summed E-state index contributed by atoms with van der Waals surface area (Å²) in [5.74, 6) is -0.505. The number of nitrogens with zero attached hydrogens (tertiary/aromatic N) is 1. The fourth-order valence-electron chi connectivity index (χ4n) is 1.99. The van der Waals surface area contributed by atoms with Crippen molar-refractivity contribution < 1.29 is 13.9 Å². The molecular weight excluding hydrogens is 292 g/mol. The highest BCUT2D eigenvalue weighted by Gasteiger charge is 2.30. The van der Waals surface area contributed by atoms with E-state index in [0.29, 0.717) is 19.0 Å². The number of benzene rings is 1. The Morgan fingerprint density at radius 3 is 2.95 bits per heavy atom. The van der Waals surface area contributed by atoms with Crippen LogP contribution in [0.3, 0.4) is 0 Å². The van der Waals surface area contributed by atoms with E-state index >= 15 is 0 Å². The van der Waals surface area contributed by atoms with Gasteiger partial charge in [0.25, 0.3) is 5.91 Å². The van der Waals surface area contributed by atoms with Gasteiger partial charge in [0.05, 0.1) is 29.7 Å². The third-order valence-corrected chi connectivity index (χ3v) is 3.76. The van der Waals surface area contributed by atoms with E-state index in [4.69, 9.17) is 27.9 Å². The minimum Gasteiger partial charge on any atom is -0.373 e. The molecule has 0 saturated carbocycles. The van der Waals surface area contributed by atoms with Gasteiger partial charge in [0.1, 0.15) is 5.82 Å². The predicted octanol–water partition coefficient (Wildman–Crippen LogP) is 2.95. The topological polar surface area (TPSA) is 29.5 Å². The molecular formula is C13H14Cl2FNO2. The molecule has 19 heavy (non-hydrogen) atoms. The van der Waals surface area contributed by atoms with Gasteiger partial charge in [-0.1, -0.05) is 11.6 Å². The van der Waals surface area contributed by atoms with Crippen LogP contribution in [0.5, 0.6) is 0 Å². The van der Waals surface area contributed by atoms with E-state index in [0.717, 1.165) is 6.07 Å². The maximum absolute atomic E-state index is 13.4. The first kappa shape index (κ1) is 14.6. The zero-order valence-corrected chi connectivity index (χ0v) is 11.9. The molecule has 1 heterocycles. The number of ether oxygens (including phenoxy) is 1. The van der Waals surface area contributed by atoms with Gasteiger partial charge >= 0.3 is 0 Å². The standard InChI is InChI=1S/C13H14Cl2FNO2/c1-8-7-19-10(5-14)6-17(8)13(18)9-2-3-11(15)12(16)4-9/h2-4,8,10H,5-7H2,1H3. The van der Waals surface area contributed by atoms with Crippen molar-refractivity contribution >= 4 is 29.1 Å². The molecule has 0 N–H and O–H groups in total. The first-order valence-corrected chi connectivity index (χ1v) is 6.87. The lowest BCUT2D eigenvalue weighted by Gasteiger charge is -2.37. The molecule has 1 aliphatic rings. The summed E-state index contributed by atoms with van der Waals surface area (Å²) in [4.78, 5) is 14.0. The molecule has 104 valence electrons. The highest BCUT2D eigenvalue weighted by Crippen LogP contribution is 2.20. The van der Waals surface area contributed by atoms with E-state index in [-0.39, 0.29) is 28.6 Å². The lowest BCUT2D eigenvalue weighted by Crippen LogP contribution is -2.51. The van der Waals surface area contributed by atoms with E-state index < -0.39 is 5.82 Å². The van der Waals surface area contributed by atoms with E-state index in [9.17, 15) is 9.18 Å². The third kappa shape index (κ3) is 3.19. The van der Waals surface area contributed by atoms with E-state index in [1.54, 1.807) is 4.90 Å². The average Bonchev–Trinajstić information content (AvgIpc) is 2.41. The van der Waals surface area contributed by atoms with Gasteiger partial charge in [-0.3, -0.25) is 4.79 Å². The Balaban J connectivity index is 2.19. The third-order valence-electron chi connectivity index (χ3n) is 3.11. The van der Waals surface area contributed by atoms with E-state index in [1.807, 2.05) is 6.92 Å². The molecule has 2 unspecified atom stereocenters. The van der Waals surface area contributed by atoms with Crippen molar-refractivity contribution in [1.82, 2.24) is 4.90 Å². The molecule has 0 spiro atoms. The number of hydrogen-bond donors (Lipinski definition) is 0. The normalized spacial score (nSPS) is 23.5. The van der Waals surface area contributed by atoms with Gasteiger partial charge in [0, 0.05) is 12.1 Å². The number of morpholine rings is 1. The summed E-state index contributed by atoms with van der Waals surface area (Å²) in [6.07, 6.45) is -0.182. The molecule has 1 aliphatic heterocycles. The van der Waals surface area contributed by atoms with Crippen LogP contribution in [-0.4, -0.2) is 42.0 Å². The van der Waals surface area contributed by atoms with Gasteiger partial charge in [-0.2, -0.15) is 0 Å². The lowest BCUT2D eigenvalue weighted by atomic mass is 10.1. The van der Waals surface area contributed by atoms with Crippen LogP contribution in [0.25, 0.3) is 0 Å². The second-order valence-electron chi connectivity index (χ2n) is 4.55. The summed E-state index contributed by atoms with van der Waals surface area (Å²) in [5.41, 5.74) is 0.281. The highest BCUT2D eigenvalue weighted by atomic mass is 35.5. The fraction of sp³-hybridized carbons (Fsp3) is 0.462. The minimum atomic E-state index is -0.595. The summed E-state index contributed by atoms with van der Waals surface area (Å²) >= 11 is 11.4.